The molecule has 4 heteroatoms. The Morgan fingerprint density at radius 2 is 0.779 bits per heavy atom. The van der Waals surface area contributed by atoms with Crippen LogP contribution in [0.3, 0.4) is 0 Å². The first-order valence-corrected chi connectivity index (χ1v) is 26.6. The highest BCUT2D eigenvalue weighted by molar-refractivity contribution is 7.00. The standard InChI is InChI=1S/C73H52BN3/c1-50-36-38-54(39-37-50)57-40-43-68-67(46-57)74-66-42-41-63(76(61-30-13-5-14-31-61)62-32-15-6-16-33-62)49-70(66)77(71-48-60(47-69(75-68)72(71)74)53-24-11-4-12-25-53)73-64(58-28-17-26-55(44-58)51-20-7-2-8-21-51)34-19-35-65(73)59-29-18-27-56(45-59)52-22-9-3-10-23-52/h2-49,75H,1H3. The van der Waals surface area contributed by atoms with Crippen LogP contribution in [0.4, 0.5) is 45.5 Å². The van der Waals surface area contributed by atoms with Gasteiger partial charge in [0.1, 0.15) is 0 Å². The molecule has 362 valence electrons. The van der Waals surface area contributed by atoms with Crippen LogP contribution in [0.15, 0.2) is 291 Å². The lowest BCUT2D eigenvalue weighted by Gasteiger charge is -2.43. The fourth-order valence-corrected chi connectivity index (χ4v) is 11.8. The molecule has 0 saturated heterocycles. The van der Waals surface area contributed by atoms with Crippen LogP contribution in [0.5, 0.6) is 0 Å². The van der Waals surface area contributed by atoms with Crippen molar-refractivity contribution in [1.29, 1.82) is 0 Å². The molecule has 12 aromatic carbocycles. The number of nitrogens with one attached hydrogen (secondary N) is 1. The molecule has 0 aromatic heterocycles. The summed E-state index contributed by atoms with van der Waals surface area (Å²) in [7, 11) is 0. The molecule has 2 heterocycles. The molecule has 0 atom stereocenters. The molecule has 0 amide bonds. The lowest BCUT2D eigenvalue weighted by molar-refractivity contribution is 1.25. The molecule has 2 aliphatic heterocycles. The van der Waals surface area contributed by atoms with Crippen LogP contribution in [-0.4, -0.2) is 6.71 Å². The third-order valence-electron chi connectivity index (χ3n) is 15.5. The maximum atomic E-state index is 4.06. The third kappa shape index (κ3) is 8.37. The van der Waals surface area contributed by atoms with Crippen LogP contribution < -0.4 is 31.5 Å². The molecule has 2 aliphatic rings. The zero-order valence-electron chi connectivity index (χ0n) is 42.7. The highest BCUT2D eigenvalue weighted by atomic mass is 15.2. The van der Waals surface area contributed by atoms with E-state index in [9.17, 15) is 0 Å². The summed E-state index contributed by atoms with van der Waals surface area (Å²) in [6.07, 6.45) is 0. The van der Waals surface area contributed by atoms with E-state index in [1.165, 1.54) is 55.3 Å². The average molecular weight is 982 g/mol. The number of hydrogen-bond acceptors (Lipinski definition) is 3. The minimum atomic E-state index is -0.105. The quantitative estimate of drug-likeness (QED) is 0.138. The van der Waals surface area contributed by atoms with Crippen molar-refractivity contribution in [3.63, 3.8) is 0 Å². The molecule has 0 fully saturated rings. The van der Waals surface area contributed by atoms with Gasteiger partial charge in [-0.3, -0.25) is 0 Å². The predicted octanol–water partition coefficient (Wildman–Crippen LogP) is 17.8. The van der Waals surface area contributed by atoms with Gasteiger partial charge in [-0.15, -0.1) is 0 Å². The highest BCUT2D eigenvalue weighted by Crippen LogP contribution is 2.51. The monoisotopic (exact) mass is 981 g/mol. The fourth-order valence-electron chi connectivity index (χ4n) is 11.8. The Kier molecular flexibility index (Phi) is 11.5. The molecule has 1 N–H and O–H groups in total. The van der Waals surface area contributed by atoms with Gasteiger partial charge < -0.3 is 15.1 Å². The van der Waals surface area contributed by atoms with E-state index in [4.69, 9.17) is 0 Å². The molecule has 0 saturated carbocycles. The Balaban J connectivity index is 1.10. The largest absolute Gasteiger partial charge is 0.356 e. The number of fused-ring (bicyclic) bond motifs is 4. The first-order chi connectivity index (χ1) is 38.1. The lowest BCUT2D eigenvalue weighted by Crippen LogP contribution is -2.60. The van der Waals surface area contributed by atoms with Gasteiger partial charge in [0, 0.05) is 50.9 Å². The summed E-state index contributed by atoms with van der Waals surface area (Å²) in [6.45, 7) is 2.05. The van der Waals surface area contributed by atoms with Crippen molar-refractivity contribution in [3.8, 4) is 66.8 Å². The summed E-state index contributed by atoms with van der Waals surface area (Å²) in [5.74, 6) is 0. The number of aryl methyl sites for hydroxylation is 1. The van der Waals surface area contributed by atoms with E-state index in [-0.39, 0.29) is 6.71 Å². The van der Waals surface area contributed by atoms with Gasteiger partial charge in [0.25, 0.3) is 6.71 Å². The van der Waals surface area contributed by atoms with E-state index < -0.39 is 0 Å². The van der Waals surface area contributed by atoms with Crippen LogP contribution >= 0.6 is 0 Å². The molecule has 77 heavy (non-hydrogen) atoms. The summed E-state index contributed by atoms with van der Waals surface area (Å²) in [5, 5.41) is 4.06. The van der Waals surface area contributed by atoms with Crippen molar-refractivity contribution < 1.29 is 0 Å². The van der Waals surface area contributed by atoms with Crippen molar-refractivity contribution in [2.24, 2.45) is 0 Å². The smallest absolute Gasteiger partial charge is 0.252 e. The molecule has 0 radical (unpaired) electrons. The number of hydrogen-bond donors (Lipinski definition) is 1. The van der Waals surface area contributed by atoms with Crippen molar-refractivity contribution in [2.45, 2.75) is 6.92 Å². The normalized spacial score (nSPS) is 12.0. The van der Waals surface area contributed by atoms with Gasteiger partial charge in [-0.25, -0.2) is 0 Å². The molecule has 0 bridgehead atoms. The minimum absolute atomic E-state index is 0.105. The van der Waals surface area contributed by atoms with Crippen LogP contribution in [-0.2, 0) is 0 Å². The Labute approximate surface area is 451 Å². The Morgan fingerprint density at radius 3 is 1.35 bits per heavy atom. The second-order valence-electron chi connectivity index (χ2n) is 20.2. The molecule has 0 aliphatic carbocycles. The molecule has 0 unspecified atom stereocenters. The van der Waals surface area contributed by atoms with E-state index in [0.717, 1.165) is 78.9 Å². The molecule has 3 nitrogen and oxygen atoms in total. The van der Waals surface area contributed by atoms with Crippen LogP contribution in [0.2, 0.25) is 0 Å². The second-order valence-corrected chi connectivity index (χ2v) is 20.2. The molecule has 0 spiro atoms. The van der Waals surface area contributed by atoms with Crippen LogP contribution in [0.25, 0.3) is 66.8 Å². The van der Waals surface area contributed by atoms with Crippen molar-refractivity contribution in [2.75, 3.05) is 15.1 Å². The zero-order valence-corrected chi connectivity index (χ0v) is 42.7. The Morgan fingerprint density at radius 1 is 0.312 bits per heavy atom. The maximum Gasteiger partial charge on any atom is 0.252 e. The van der Waals surface area contributed by atoms with Gasteiger partial charge in [0.15, 0.2) is 0 Å². The first-order valence-electron chi connectivity index (χ1n) is 26.6. The zero-order chi connectivity index (χ0) is 51.2. The minimum Gasteiger partial charge on any atom is -0.356 e. The van der Waals surface area contributed by atoms with E-state index >= 15 is 0 Å². The summed E-state index contributed by atoms with van der Waals surface area (Å²) in [5.41, 5.74) is 27.7. The molecule has 14 rings (SSSR count). The van der Waals surface area contributed by atoms with Crippen LogP contribution in [0.1, 0.15) is 5.56 Å². The summed E-state index contributed by atoms with van der Waals surface area (Å²) >= 11 is 0. The Bertz CT molecular complexity index is 3980. The number of rotatable bonds is 10. The average Bonchev–Trinajstić information content (AvgIpc) is 3.53. The van der Waals surface area contributed by atoms with Gasteiger partial charge >= 0.3 is 0 Å². The molecular formula is C73H52BN3. The van der Waals surface area contributed by atoms with Crippen molar-refractivity contribution >= 4 is 68.6 Å². The third-order valence-corrected chi connectivity index (χ3v) is 15.5. The van der Waals surface area contributed by atoms with E-state index in [0.29, 0.717) is 0 Å². The van der Waals surface area contributed by atoms with Gasteiger partial charge in [0.05, 0.1) is 5.69 Å². The SMILES string of the molecule is Cc1ccc(-c2ccc3c(c2)B2c4ccc(N(c5ccccc5)c5ccccc5)cc4N(c4c(-c5cccc(-c6ccccc6)c5)cccc4-c4cccc(-c5ccccc5)c4)c4cc(-c5ccccc5)cc(c42)N3)cc1. The second kappa shape index (κ2) is 19.4. The summed E-state index contributed by atoms with van der Waals surface area (Å²) in [4.78, 5) is 5.02. The summed E-state index contributed by atoms with van der Waals surface area (Å²) in [6, 6.07) is 107. The van der Waals surface area contributed by atoms with Gasteiger partial charge in [-0.05, 0) is 146 Å². The van der Waals surface area contributed by atoms with Gasteiger partial charge in [-0.1, -0.05) is 230 Å². The van der Waals surface area contributed by atoms with Gasteiger partial charge in [-0.2, -0.15) is 0 Å². The van der Waals surface area contributed by atoms with E-state index in [1.54, 1.807) is 0 Å². The predicted molar refractivity (Wildman–Crippen MR) is 328 cm³/mol. The molecular weight excluding hydrogens is 930 g/mol. The summed E-state index contributed by atoms with van der Waals surface area (Å²) < 4.78 is 0. The Hall–Kier alpha value is -9.90. The number of anilines is 8. The van der Waals surface area contributed by atoms with Crippen molar-refractivity contribution in [3.05, 3.63) is 297 Å². The van der Waals surface area contributed by atoms with E-state index in [2.05, 4.69) is 313 Å². The maximum absolute atomic E-state index is 4.06. The fraction of sp³-hybridized carbons (Fsp3) is 0.0137. The number of benzene rings is 12. The first kappa shape index (κ1) is 45.7. The highest BCUT2D eigenvalue weighted by Gasteiger charge is 2.43. The number of para-hydroxylation sites is 3. The number of nitrogens with zero attached hydrogens (tertiary/aromatic N) is 2. The molecule has 12 aromatic rings. The lowest BCUT2D eigenvalue weighted by atomic mass is 9.33. The topological polar surface area (TPSA) is 18.5 Å². The van der Waals surface area contributed by atoms with Crippen LogP contribution in [0, 0.1) is 6.92 Å². The van der Waals surface area contributed by atoms with Crippen molar-refractivity contribution in [1.82, 2.24) is 0 Å². The van der Waals surface area contributed by atoms with Gasteiger partial charge in [0.2, 0.25) is 0 Å². The van der Waals surface area contributed by atoms with E-state index in [1.807, 2.05) is 0 Å².